The molecule has 0 aromatic heterocycles. The lowest BCUT2D eigenvalue weighted by Gasteiger charge is -2.40. The molecular weight excluding hydrogens is 258 g/mol. The highest BCUT2D eigenvalue weighted by Crippen LogP contribution is 2.35. The Bertz CT molecular complexity index is 363. The van der Waals surface area contributed by atoms with Gasteiger partial charge in [0, 0.05) is 12.1 Å². The first-order valence-electron chi connectivity index (χ1n) is 8.51. The van der Waals surface area contributed by atoms with Crippen LogP contribution in [0.1, 0.15) is 63.9 Å². The number of aliphatic hydroxyl groups is 1. The molecule has 0 saturated heterocycles. The molecule has 1 rings (SSSR count). The standard InChI is InChI=1S/C19H33NO/c1-4-5-6-7-8-12-15-19(16-17-21,20(2)3)18-13-10-9-11-14-18/h9-11,13-14,21H,4-8,12,15-17H2,1-3H3. The first-order chi connectivity index (χ1) is 10.2. The number of hydrogen-bond acceptors (Lipinski definition) is 2. The summed E-state index contributed by atoms with van der Waals surface area (Å²) < 4.78 is 0. The predicted molar refractivity (Wildman–Crippen MR) is 91.5 cm³/mol. The van der Waals surface area contributed by atoms with Crippen LogP contribution in [0.4, 0.5) is 0 Å². The van der Waals surface area contributed by atoms with Crippen LogP contribution < -0.4 is 0 Å². The SMILES string of the molecule is CCCCCCCCC(CCO)(c1ccccc1)N(C)C. The van der Waals surface area contributed by atoms with Gasteiger partial charge in [0.05, 0.1) is 0 Å². The maximum atomic E-state index is 9.56. The van der Waals surface area contributed by atoms with Gasteiger partial charge in [-0.1, -0.05) is 75.8 Å². The highest BCUT2D eigenvalue weighted by molar-refractivity contribution is 5.24. The van der Waals surface area contributed by atoms with Crippen LogP contribution in [0, 0.1) is 0 Å². The predicted octanol–water partition coefficient (Wildman–Crippen LogP) is 4.58. The molecule has 1 N–H and O–H groups in total. The summed E-state index contributed by atoms with van der Waals surface area (Å²) in [5, 5.41) is 9.56. The molecule has 0 radical (unpaired) electrons. The topological polar surface area (TPSA) is 23.5 Å². The number of hydrogen-bond donors (Lipinski definition) is 1. The summed E-state index contributed by atoms with van der Waals surface area (Å²) in [4.78, 5) is 2.30. The van der Waals surface area contributed by atoms with Gasteiger partial charge >= 0.3 is 0 Å². The Hall–Kier alpha value is -0.860. The van der Waals surface area contributed by atoms with Crippen molar-refractivity contribution in [2.45, 2.75) is 63.8 Å². The smallest absolute Gasteiger partial charge is 0.0476 e. The Morgan fingerprint density at radius 2 is 1.52 bits per heavy atom. The van der Waals surface area contributed by atoms with Crippen LogP contribution in [0.25, 0.3) is 0 Å². The van der Waals surface area contributed by atoms with Gasteiger partial charge in [0.2, 0.25) is 0 Å². The van der Waals surface area contributed by atoms with Crippen molar-refractivity contribution in [1.82, 2.24) is 4.90 Å². The highest BCUT2D eigenvalue weighted by Gasteiger charge is 2.33. The lowest BCUT2D eigenvalue weighted by atomic mass is 9.81. The van der Waals surface area contributed by atoms with E-state index in [1.807, 2.05) is 0 Å². The van der Waals surface area contributed by atoms with Gasteiger partial charge < -0.3 is 5.11 Å². The van der Waals surface area contributed by atoms with E-state index in [2.05, 4.69) is 56.3 Å². The summed E-state index contributed by atoms with van der Waals surface area (Å²) in [6.45, 7) is 2.50. The van der Waals surface area contributed by atoms with Gasteiger partial charge in [-0.3, -0.25) is 4.90 Å². The minimum Gasteiger partial charge on any atom is -0.396 e. The molecule has 0 heterocycles. The molecule has 0 bridgehead atoms. The van der Waals surface area contributed by atoms with Gasteiger partial charge in [-0.25, -0.2) is 0 Å². The van der Waals surface area contributed by atoms with Gasteiger partial charge in [-0.05, 0) is 32.5 Å². The first kappa shape index (κ1) is 18.2. The molecule has 0 aliphatic rings. The monoisotopic (exact) mass is 291 g/mol. The number of unbranched alkanes of at least 4 members (excludes halogenated alkanes) is 5. The second kappa shape index (κ2) is 9.97. The summed E-state index contributed by atoms with van der Waals surface area (Å²) in [5.74, 6) is 0. The van der Waals surface area contributed by atoms with Gasteiger partial charge in [-0.2, -0.15) is 0 Å². The lowest BCUT2D eigenvalue weighted by Crippen LogP contribution is -2.42. The summed E-state index contributed by atoms with van der Waals surface area (Å²) >= 11 is 0. The van der Waals surface area contributed by atoms with Crippen LogP contribution in [0.2, 0.25) is 0 Å². The van der Waals surface area contributed by atoms with Crippen LogP contribution in [-0.2, 0) is 5.54 Å². The van der Waals surface area contributed by atoms with Crippen LogP contribution >= 0.6 is 0 Å². The highest BCUT2D eigenvalue weighted by atomic mass is 16.3. The maximum absolute atomic E-state index is 9.56. The number of aliphatic hydroxyl groups excluding tert-OH is 1. The molecule has 0 fully saturated rings. The minimum atomic E-state index is -0.0270. The van der Waals surface area contributed by atoms with E-state index in [0.29, 0.717) is 0 Å². The molecule has 1 aromatic rings. The van der Waals surface area contributed by atoms with Crippen molar-refractivity contribution in [1.29, 1.82) is 0 Å². The minimum absolute atomic E-state index is 0.0270. The first-order valence-corrected chi connectivity index (χ1v) is 8.51. The van der Waals surface area contributed by atoms with E-state index in [-0.39, 0.29) is 12.1 Å². The van der Waals surface area contributed by atoms with Crippen molar-refractivity contribution in [3.63, 3.8) is 0 Å². The third kappa shape index (κ3) is 5.44. The van der Waals surface area contributed by atoms with Crippen molar-refractivity contribution in [3.05, 3.63) is 35.9 Å². The summed E-state index contributed by atoms with van der Waals surface area (Å²) in [5.41, 5.74) is 1.30. The van der Waals surface area contributed by atoms with Crippen LogP contribution in [0.5, 0.6) is 0 Å². The molecule has 0 spiro atoms. The Morgan fingerprint density at radius 3 is 2.10 bits per heavy atom. The fourth-order valence-corrected chi connectivity index (χ4v) is 3.25. The molecule has 2 nitrogen and oxygen atoms in total. The van der Waals surface area contributed by atoms with Crippen LogP contribution in [-0.4, -0.2) is 30.7 Å². The zero-order valence-corrected chi connectivity index (χ0v) is 14.1. The molecule has 1 aromatic carbocycles. The molecule has 1 unspecified atom stereocenters. The zero-order chi connectivity index (χ0) is 15.6. The van der Waals surface area contributed by atoms with E-state index >= 15 is 0 Å². The molecule has 0 aliphatic heterocycles. The Morgan fingerprint density at radius 1 is 0.905 bits per heavy atom. The van der Waals surface area contributed by atoms with E-state index in [0.717, 1.165) is 12.8 Å². The molecule has 0 aliphatic carbocycles. The van der Waals surface area contributed by atoms with E-state index < -0.39 is 0 Å². The van der Waals surface area contributed by atoms with Crippen LogP contribution in [0.15, 0.2) is 30.3 Å². The van der Waals surface area contributed by atoms with Crippen molar-refractivity contribution >= 4 is 0 Å². The van der Waals surface area contributed by atoms with E-state index in [4.69, 9.17) is 0 Å². The normalized spacial score (nSPS) is 14.3. The fraction of sp³-hybridized carbons (Fsp3) is 0.684. The van der Waals surface area contributed by atoms with Gasteiger partial charge in [0.1, 0.15) is 0 Å². The van der Waals surface area contributed by atoms with Crippen molar-refractivity contribution in [2.75, 3.05) is 20.7 Å². The Labute approximate surface area is 131 Å². The second-order valence-electron chi connectivity index (χ2n) is 6.28. The molecule has 0 amide bonds. The fourth-order valence-electron chi connectivity index (χ4n) is 3.25. The van der Waals surface area contributed by atoms with Gasteiger partial charge in [0.15, 0.2) is 0 Å². The van der Waals surface area contributed by atoms with E-state index in [1.165, 1.54) is 44.1 Å². The second-order valence-corrected chi connectivity index (χ2v) is 6.28. The maximum Gasteiger partial charge on any atom is 0.0476 e. The number of rotatable bonds is 11. The van der Waals surface area contributed by atoms with E-state index in [9.17, 15) is 5.11 Å². The van der Waals surface area contributed by atoms with Gasteiger partial charge in [-0.15, -0.1) is 0 Å². The molecule has 120 valence electrons. The third-order valence-corrected chi connectivity index (χ3v) is 4.64. The molecular formula is C19H33NO. The average molecular weight is 291 g/mol. The van der Waals surface area contributed by atoms with Crippen molar-refractivity contribution in [2.24, 2.45) is 0 Å². The van der Waals surface area contributed by atoms with Crippen molar-refractivity contribution in [3.8, 4) is 0 Å². The van der Waals surface area contributed by atoms with Crippen LogP contribution in [0.3, 0.4) is 0 Å². The molecule has 2 heteroatoms. The average Bonchev–Trinajstić information content (AvgIpc) is 2.50. The summed E-state index contributed by atoms with van der Waals surface area (Å²) in [6.07, 6.45) is 9.81. The quantitative estimate of drug-likeness (QED) is 0.603. The van der Waals surface area contributed by atoms with Crippen molar-refractivity contribution < 1.29 is 5.11 Å². The summed E-state index contributed by atoms with van der Waals surface area (Å²) in [6, 6.07) is 10.7. The number of benzene rings is 1. The molecule has 0 saturated carbocycles. The Kier molecular flexibility index (Phi) is 8.63. The molecule has 21 heavy (non-hydrogen) atoms. The lowest BCUT2D eigenvalue weighted by molar-refractivity contribution is 0.0934. The number of nitrogens with zero attached hydrogens (tertiary/aromatic N) is 1. The molecule has 1 atom stereocenters. The largest absolute Gasteiger partial charge is 0.396 e. The Balaban J connectivity index is 2.68. The summed E-state index contributed by atoms with van der Waals surface area (Å²) in [7, 11) is 4.28. The van der Waals surface area contributed by atoms with E-state index in [1.54, 1.807) is 0 Å². The van der Waals surface area contributed by atoms with Gasteiger partial charge in [0.25, 0.3) is 0 Å². The third-order valence-electron chi connectivity index (χ3n) is 4.64. The zero-order valence-electron chi connectivity index (χ0n) is 14.1.